The second-order valence-electron chi connectivity index (χ2n) is 5.92. The molecule has 27 heavy (non-hydrogen) atoms. The summed E-state index contributed by atoms with van der Waals surface area (Å²) in [5.41, 5.74) is 1.05. The van der Waals surface area contributed by atoms with E-state index in [4.69, 9.17) is 4.74 Å². The third-order valence-corrected chi connectivity index (χ3v) is 4.63. The van der Waals surface area contributed by atoms with E-state index in [0.29, 0.717) is 24.8 Å². The van der Waals surface area contributed by atoms with Crippen LogP contribution in [0.4, 0.5) is 9.93 Å². The van der Waals surface area contributed by atoms with E-state index in [1.165, 1.54) is 11.3 Å². The maximum absolute atomic E-state index is 12.7. The highest BCUT2D eigenvalue weighted by molar-refractivity contribution is 7.13. The molecule has 0 aliphatic heterocycles. The van der Waals surface area contributed by atoms with Gasteiger partial charge >= 0.3 is 6.03 Å². The quantitative estimate of drug-likeness (QED) is 0.607. The number of urea groups is 1. The van der Waals surface area contributed by atoms with Gasteiger partial charge in [0, 0.05) is 43.6 Å². The Bertz CT molecular complexity index is 803. The molecule has 1 N–H and O–H groups in total. The van der Waals surface area contributed by atoms with E-state index < -0.39 is 0 Å². The lowest BCUT2D eigenvalue weighted by Gasteiger charge is -2.23. The van der Waals surface area contributed by atoms with Crippen molar-refractivity contribution in [2.75, 3.05) is 18.5 Å². The predicted octanol–water partition coefficient (Wildman–Crippen LogP) is 3.86. The SMILES string of the molecule is CCOc1ccc(CN(CCCn2ccnc2)C(=O)Nc2nccs2)cc1. The number of carbonyl (C=O) groups is 1. The first-order valence-electron chi connectivity index (χ1n) is 8.87. The second-order valence-corrected chi connectivity index (χ2v) is 6.81. The van der Waals surface area contributed by atoms with Gasteiger partial charge in [0.25, 0.3) is 0 Å². The molecule has 8 heteroatoms. The van der Waals surface area contributed by atoms with Gasteiger partial charge in [0.2, 0.25) is 0 Å². The van der Waals surface area contributed by atoms with Crippen molar-refractivity contribution in [3.05, 3.63) is 60.1 Å². The fourth-order valence-electron chi connectivity index (χ4n) is 2.65. The average Bonchev–Trinajstić information content (AvgIpc) is 3.37. The molecule has 1 aromatic carbocycles. The smallest absolute Gasteiger partial charge is 0.323 e. The minimum Gasteiger partial charge on any atom is -0.494 e. The standard InChI is InChI=1S/C19H23N5O2S/c1-2-26-17-6-4-16(5-7-17)14-24(11-3-10-23-12-8-20-15-23)19(25)22-18-21-9-13-27-18/h4-9,12-13,15H,2-3,10-11,14H2,1H3,(H,21,22,25). The van der Waals surface area contributed by atoms with E-state index >= 15 is 0 Å². The molecule has 3 rings (SSSR count). The van der Waals surface area contributed by atoms with E-state index in [0.717, 1.165) is 24.3 Å². The summed E-state index contributed by atoms with van der Waals surface area (Å²) in [6.45, 7) is 4.55. The minimum absolute atomic E-state index is 0.149. The Morgan fingerprint density at radius 2 is 2.15 bits per heavy atom. The van der Waals surface area contributed by atoms with E-state index in [1.807, 2.05) is 47.3 Å². The fraction of sp³-hybridized carbons (Fsp3) is 0.316. The van der Waals surface area contributed by atoms with Gasteiger partial charge in [-0.05, 0) is 31.0 Å². The van der Waals surface area contributed by atoms with Crippen LogP contribution in [0.2, 0.25) is 0 Å². The van der Waals surface area contributed by atoms with Gasteiger partial charge in [0.1, 0.15) is 5.75 Å². The largest absolute Gasteiger partial charge is 0.494 e. The number of hydrogen-bond donors (Lipinski definition) is 1. The predicted molar refractivity (Wildman–Crippen MR) is 106 cm³/mol. The van der Waals surface area contributed by atoms with Crippen LogP contribution in [0.1, 0.15) is 18.9 Å². The zero-order chi connectivity index (χ0) is 18.9. The highest BCUT2D eigenvalue weighted by atomic mass is 32.1. The van der Waals surface area contributed by atoms with Crippen molar-refractivity contribution in [3.8, 4) is 5.75 Å². The Morgan fingerprint density at radius 1 is 1.30 bits per heavy atom. The van der Waals surface area contributed by atoms with Gasteiger partial charge in [-0.25, -0.2) is 14.8 Å². The third-order valence-electron chi connectivity index (χ3n) is 3.94. The molecule has 142 valence electrons. The number of anilines is 1. The van der Waals surface area contributed by atoms with Crippen LogP contribution in [0.3, 0.4) is 0 Å². The lowest BCUT2D eigenvalue weighted by molar-refractivity contribution is 0.207. The van der Waals surface area contributed by atoms with Crippen LogP contribution in [-0.2, 0) is 13.1 Å². The Morgan fingerprint density at radius 3 is 2.81 bits per heavy atom. The van der Waals surface area contributed by atoms with Crippen molar-refractivity contribution in [1.82, 2.24) is 19.4 Å². The molecule has 0 saturated heterocycles. The average molecular weight is 385 g/mol. The molecule has 0 saturated carbocycles. The first kappa shape index (κ1) is 18.9. The number of imidazole rings is 1. The van der Waals surface area contributed by atoms with Crippen LogP contribution in [0.25, 0.3) is 0 Å². The lowest BCUT2D eigenvalue weighted by Crippen LogP contribution is -2.35. The van der Waals surface area contributed by atoms with Gasteiger partial charge in [0.15, 0.2) is 5.13 Å². The van der Waals surface area contributed by atoms with Gasteiger partial charge in [-0.1, -0.05) is 12.1 Å². The van der Waals surface area contributed by atoms with Crippen molar-refractivity contribution in [2.24, 2.45) is 0 Å². The van der Waals surface area contributed by atoms with Crippen molar-refractivity contribution < 1.29 is 9.53 Å². The number of aromatic nitrogens is 3. The Labute approximate surface area is 162 Å². The molecule has 0 spiro atoms. The number of benzene rings is 1. The molecule has 0 unspecified atom stereocenters. The van der Waals surface area contributed by atoms with Gasteiger partial charge in [-0.3, -0.25) is 5.32 Å². The molecule has 2 amide bonds. The van der Waals surface area contributed by atoms with Gasteiger partial charge in [0.05, 0.1) is 12.9 Å². The maximum atomic E-state index is 12.7. The number of carbonyl (C=O) groups excluding carboxylic acids is 1. The molecule has 0 aliphatic rings. The summed E-state index contributed by atoms with van der Waals surface area (Å²) in [7, 11) is 0. The summed E-state index contributed by atoms with van der Waals surface area (Å²) in [4.78, 5) is 22.7. The lowest BCUT2D eigenvalue weighted by atomic mass is 10.2. The van der Waals surface area contributed by atoms with Crippen molar-refractivity contribution >= 4 is 22.5 Å². The van der Waals surface area contributed by atoms with E-state index in [-0.39, 0.29) is 6.03 Å². The Kier molecular flexibility index (Phi) is 6.81. The first-order chi connectivity index (χ1) is 13.2. The summed E-state index contributed by atoms with van der Waals surface area (Å²) in [5, 5.41) is 5.31. The first-order valence-corrected chi connectivity index (χ1v) is 9.75. The van der Waals surface area contributed by atoms with Crippen LogP contribution in [0.5, 0.6) is 5.75 Å². The van der Waals surface area contributed by atoms with E-state index in [1.54, 1.807) is 23.6 Å². The van der Waals surface area contributed by atoms with Crippen molar-refractivity contribution in [3.63, 3.8) is 0 Å². The molecule has 0 bridgehead atoms. The Hall–Kier alpha value is -2.87. The van der Waals surface area contributed by atoms with E-state index in [2.05, 4.69) is 15.3 Å². The number of hydrogen-bond acceptors (Lipinski definition) is 5. The number of nitrogens with zero attached hydrogens (tertiary/aromatic N) is 4. The Balaban J connectivity index is 1.62. The van der Waals surface area contributed by atoms with Crippen LogP contribution in [0.15, 0.2) is 54.6 Å². The minimum atomic E-state index is -0.149. The molecule has 0 radical (unpaired) electrons. The summed E-state index contributed by atoms with van der Waals surface area (Å²) in [6.07, 6.45) is 7.97. The molecule has 7 nitrogen and oxygen atoms in total. The zero-order valence-corrected chi connectivity index (χ0v) is 16.1. The van der Waals surface area contributed by atoms with Crippen LogP contribution in [0, 0.1) is 0 Å². The molecular weight excluding hydrogens is 362 g/mol. The number of rotatable bonds is 9. The normalized spacial score (nSPS) is 10.6. The zero-order valence-electron chi connectivity index (χ0n) is 15.2. The molecule has 0 atom stereocenters. The fourth-order valence-corrected chi connectivity index (χ4v) is 3.17. The second kappa shape index (κ2) is 9.72. The molecule has 3 aromatic rings. The monoisotopic (exact) mass is 385 g/mol. The van der Waals surface area contributed by atoms with E-state index in [9.17, 15) is 4.79 Å². The molecule has 2 heterocycles. The van der Waals surface area contributed by atoms with Gasteiger partial charge in [-0.15, -0.1) is 11.3 Å². The number of amides is 2. The van der Waals surface area contributed by atoms with Gasteiger partial charge < -0.3 is 14.2 Å². The summed E-state index contributed by atoms with van der Waals surface area (Å²) in [5.74, 6) is 0.833. The summed E-state index contributed by atoms with van der Waals surface area (Å²) in [6, 6.07) is 7.70. The van der Waals surface area contributed by atoms with Crippen molar-refractivity contribution in [1.29, 1.82) is 0 Å². The third kappa shape index (κ3) is 5.82. The van der Waals surface area contributed by atoms with Crippen LogP contribution < -0.4 is 10.1 Å². The molecule has 2 aromatic heterocycles. The number of thiazole rings is 1. The number of ether oxygens (including phenoxy) is 1. The highest BCUT2D eigenvalue weighted by Gasteiger charge is 2.15. The summed E-state index contributed by atoms with van der Waals surface area (Å²) < 4.78 is 7.49. The van der Waals surface area contributed by atoms with Crippen LogP contribution in [-0.4, -0.2) is 38.6 Å². The molecular formula is C19H23N5O2S. The summed E-state index contributed by atoms with van der Waals surface area (Å²) >= 11 is 1.41. The number of nitrogens with one attached hydrogen (secondary N) is 1. The van der Waals surface area contributed by atoms with Gasteiger partial charge in [-0.2, -0.15) is 0 Å². The topological polar surface area (TPSA) is 72.3 Å². The maximum Gasteiger partial charge on any atom is 0.323 e. The number of aryl methyl sites for hydroxylation is 1. The van der Waals surface area contributed by atoms with Crippen LogP contribution >= 0.6 is 11.3 Å². The molecule has 0 fully saturated rings. The highest BCUT2D eigenvalue weighted by Crippen LogP contribution is 2.16. The van der Waals surface area contributed by atoms with Crippen molar-refractivity contribution in [2.45, 2.75) is 26.4 Å². The molecule has 0 aliphatic carbocycles.